The SMILES string of the molecule is CCc1cc(C)cc(CC)c1C1C(=O)CC(Cc2ccc(F)cc2F)C1=O. The van der Waals surface area contributed by atoms with Crippen molar-refractivity contribution in [2.24, 2.45) is 5.92 Å². The van der Waals surface area contributed by atoms with Gasteiger partial charge in [-0.2, -0.15) is 0 Å². The van der Waals surface area contributed by atoms with Crippen LogP contribution in [-0.4, -0.2) is 11.6 Å². The average Bonchev–Trinajstić information content (AvgIpc) is 2.90. The predicted molar refractivity (Wildman–Crippen MR) is 101 cm³/mol. The molecule has 3 rings (SSSR count). The third-order valence-corrected chi connectivity index (χ3v) is 5.48. The zero-order valence-corrected chi connectivity index (χ0v) is 15.9. The molecule has 2 atom stereocenters. The van der Waals surface area contributed by atoms with Crippen LogP contribution in [0.25, 0.3) is 0 Å². The lowest BCUT2D eigenvalue weighted by atomic mass is 9.83. The molecule has 0 amide bonds. The molecule has 0 heterocycles. The summed E-state index contributed by atoms with van der Waals surface area (Å²) in [6.45, 7) is 6.06. The molecule has 1 saturated carbocycles. The van der Waals surface area contributed by atoms with Crippen LogP contribution in [-0.2, 0) is 28.9 Å². The highest BCUT2D eigenvalue weighted by molar-refractivity contribution is 6.15. The van der Waals surface area contributed by atoms with Crippen LogP contribution in [0.3, 0.4) is 0 Å². The number of hydrogen-bond acceptors (Lipinski definition) is 2. The number of Topliss-reactive ketones (excluding diaryl/α,β-unsaturated/α-hetero) is 2. The van der Waals surface area contributed by atoms with Gasteiger partial charge in [0.1, 0.15) is 23.3 Å². The van der Waals surface area contributed by atoms with Gasteiger partial charge in [-0.1, -0.05) is 37.6 Å². The van der Waals surface area contributed by atoms with E-state index in [9.17, 15) is 18.4 Å². The fourth-order valence-corrected chi connectivity index (χ4v) is 4.19. The maximum Gasteiger partial charge on any atom is 0.151 e. The van der Waals surface area contributed by atoms with E-state index in [1.54, 1.807) is 0 Å². The van der Waals surface area contributed by atoms with Crippen molar-refractivity contribution in [3.05, 3.63) is 69.8 Å². The Morgan fingerprint density at radius 3 is 2.15 bits per heavy atom. The number of aryl methyl sites for hydroxylation is 3. The van der Waals surface area contributed by atoms with Crippen LogP contribution >= 0.6 is 0 Å². The van der Waals surface area contributed by atoms with Crippen molar-refractivity contribution in [2.45, 2.75) is 52.4 Å². The minimum absolute atomic E-state index is 0.0965. The Kier molecular flexibility index (Phi) is 5.54. The number of rotatable bonds is 5. The molecule has 2 unspecified atom stereocenters. The lowest BCUT2D eigenvalue weighted by Gasteiger charge is -2.19. The molecule has 1 fully saturated rings. The van der Waals surface area contributed by atoms with E-state index in [-0.39, 0.29) is 30.0 Å². The number of halogens is 2. The molecule has 2 nitrogen and oxygen atoms in total. The van der Waals surface area contributed by atoms with Gasteiger partial charge in [-0.3, -0.25) is 9.59 Å². The van der Waals surface area contributed by atoms with E-state index in [1.165, 1.54) is 12.1 Å². The highest BCUT2D eigenvalue weighted by Gasteiger charge is 2.43. The van der Waals surface area contributed by atoms with E-state index in [1.807, 2.05) is 32.9 Å². The van der Waals surface area contributed by atoms with E-state index in [0.29, 0.717) is 0 Å². The molecule has 27 heavy (non-hydrogen) atoms. The van der Waals surface area contributed by atoms with Gasteiger partial charge in [-0.25, -0.2) is 8.78 Å². The highest BCUT2D eigenvalue weighted by Crippen LogP contribution is 2.38. The van der Waals surface area contributed by atoms with Gasteiger partial charge in [0.15, 0.2) is 5.78 Å². The minimum Gasteiger partial charge on any atom is -0.298 e. The monoisotopic (exact) mass is 370 g/mol. The number of benzene rings is 2. The summed E-state index contributed by atoms with van der Waals surface area (Å²) in [5.74, 6) is -2.87. The van der Waals surface area contributed by atoms with Gasteiger partial charge < -0.3 is 0 Å². The zero-order valence-electron chi connectivity index (χ0n) is 15.9. The maximum atomic E-state index is 14.0. The van der Waals surface area contributed by atoms with Crippen LogP contribution < -0.4 is 0 Å². The van der Waals surface area contributed by atoms with Crippen molar-refractivity contribution >= 4 is 11.6 Å². The molecule has 1 aliphatic carbocycles. The summed E-state index contributed by atoms with van der Waals surface area (Å²) in [7, 11) is 0. The molecule has 0 saturated heterocycles. The lowest BCUT2D eigenvalue weighted by Crippen LogP contribution is -2.20. The van der Waals surface area contributed by atoms with Crippen molar-refractivity contribution in [1.82, 2.24) is 0 Å². The van der Waals surface area contributed by atoms with Crippen LogP contribution in [0.2, 0.25) is 0 Å². The van der Waals surface area contributed by atoms with E-state index in [0.717, 1.165) is 41.2 Å². The van der Waals surface area contributed by atoms with Crippen LogP contribution in [0.5, 0.6) is 0 Å². The van der Waals surface area contributed by atoms with Crippen molar-refractivity contribution in [2.75, 3.05) is 0 Å². The predicted octanol–water partition coefficient (Wildman–Crippen LogP) is 4.88. The van der Waals surface area contributed by atoms with Gasteiger partial charge in [-0.15, -0.1) is 0 Å². The Labute approximate surface area is 158 Å². The smallest absolute Gasteiger partial charge is 0.151 e. The van der Waals surface area contributed by atoms with E-state index in [2.05, 4.69) is 0 Å². The minimum atomic E-state index is -0.760. The zero-order chi connectivity index (χ0) is 19.7. The fourth-order valence-electron chi connectivity index (χ4n) is 4.19. The normalized spacial score (nSPS) is 19.7. The Balaban J connectivity index is 1.95. The van der Waals surface area contributed by atoms with Crippen LogP contribution in [0, 0.1) is 24.5 Å². The Morgan fingerprint density at radius 1 is 0.963 bits per heavy atom. The third kappa shape index (κ3) is 3.71. The summed E-state index contributed by atoms with van der Waals surface area (Å²) in [4.78, 5) is 25.9. The molecule has 2 aromatic carbocycles. The second kappa shape index (κ2) is 7.71. The first-order chi connectivity index (χ1) is 12.8. The Bertz CT molecular complexity index is 876. The molecular formula is C23H24F2O2. The van der Waals surface area contributed by atoms with Gasteiger partial charge >= 0.3 is 0 Å². The molecular weight excluding hydrogens is 346 g/mol. The largest absolute Gasteiger partial charge is 0.298 e. The maximum absolute atomic E-state index is 14.0. The molecule has 0 aromatic heterocycles. The molecule has 2 aromatic rings. The molecule has 1 aliphatic rings. The van der Waals surface area contributed by atoms with Gasteiger partial charge in [-0.05, 0) is 54.5 Å². The summed E-state index contributed by atoms with van der Waals surface area (Å²) >= 11 is 0. The highest BCUT2D eigenvalue weighted by atomic mass is 19.1. The first-order valence-electron chi connectivity index (χ1n) is 9.48. The summed E-state index contributed by atoms with van der Waals surface area (Å²) in [5, 5.41) is 0. The number of ketones is 2. The lowest BCUT2D eigenvalue weighted by molar-refractivity contribution is -0.124. The second-order valence-corrected chi connectivity index (χ2v) is 7.35. The first kappa shape index (κ1) is 19.4. The number of hydrogen-bond donors (Lipinski definition) is 0. The third-order valence-electron chi connectivity index (χ3n) is 5.48. The Morgan fingerprint density at radius 2 is 1.59 bits per heavy atom. The average molecular weight is 370 g/mol. The van der Waals surface area contributed by atoms with Crippen molar-refractivity contribution < 1.29 is 18.4 Å². The van der Waals surface area contributed by atoms with Crippen molar-refractivity contribution in [3.8, 4) is 0 Å². The summed E-state index contributed by atoms with van der Waals surface area (Å²) in [5.41, 5.74) is 4.32. The summed E-state index contributed by atoms with van der Waals surface area (Å²) < 4.78 is 27.1. The van der Waals surface area contributed by atoms with Crippen molar-refractivity contribution in [3.63, 3.8) is 0 Å². The molecule has 142 valence electrons. The van der Waals surface area contributed by atoms with Crippen LogP contribution in [0.15, 0.2) is 30.3 Å². The summed E-state index contributed by atoms with van der Waals surface area (Å²) in [6, 6.07) is 7.44. The molecule has 0 spiro atoms. The quantitative estimate of drug-likeness (QED) is 0.703. The van der Waals surface area contributed by atoms with Crippen LogP contribution in [0.1, 0.15) is 54.0 Å². The number of carbonyl (C=O) groups excluding carboxylic acids is 2. The molecule has 0 N–H and O–H groups in total. The van der Waals surface area contributed by atoms with Gasteiger partial charge in [0, 0.05) is 18.4 Å². The Hall–Kier alpha value is -2.36. The fraction of sp³-hybridized carbons (Fsp3) is 0.391. The van der Waals surface area contributed by atoms with E-state index in [4.69, 9.17) is 0 Å². The number of carbonyl (C=O) groups is 2. The molecule has 4 heteroatoms. The molecule has 0 aliphatic heterocycles. The standard InChI is InChI=1S/C23H24F2O2/c1-4-14-8-13(3)9-15(5-2)21(14)22-20(26)11-17(23(22)27)10-16-6-7-18(24)12-19(16)25/h6-9,12,17,22H,4-5,10-11H2,1-3H3. The summed E-state index contributed by atoms with van der Waals surface area (Å²) in [6.07, 6.45) is 1.74. The van der Waals surface area contributed by atoms with Gasteiger partial charge in [0.05, 0.1) is 0 Å². The van der Waals surface area contributed by atoms with Gasteiger partial charge in [0.2, 0.25) is 0 Å². The van der Waals surface area contributed by atoms with E-state index < -0.39 is 23.5 Å². The van der Waals surface area contributed by atoms with E-state index >= 15 is 0 Å². The van der Waals surface area contributed by atoms with Crippen molar-refractivity contribution in [1.29, 1.82) is 0 Å². The second-order valence-electron chi connectivity index (χ2n) is 7.35. The molecule has 0 radical (unpaired) electrons. The topological polar surface area (TPSA) is 34.1 Å². The molecule has 0 bridgehead atoms. The van der Waals surface area contributed by atoms with Gasteiger partial charge in [0.25, 0.3) is 0 Å². The first-order valence-corrected chi connectivity index (χ1v) is 9.48. The van der Waals surface area contributed by atoms with Crippen LogP contribution in [0.4, 0.5) is 8.78 Å².